The maximum absolute atomic E-state index is 9.43. The molecule has 0 aliphatic heterocycles. The summed E-state index contributed by atoms with van der Waals surface area (Å²) in [7, 11) is 0. The number of hydrogen-bond donors (Lipinski definition) is 2. The maximum atomic E-state index is 9.43. The normalized spacial score (nSPS) is 12.5. The second-order valence-corrected chi connectivity index (χ2v) is 3.89. The maximum Gasteiger partial charge on any atom is 0.122 e. The van der Waals surface area contributed by atoms with E-state index < -0.39 is 6.10 Å². The van der Waals surface area contributed by atoms with Crippen molar-refractivity contribution in [1.82, 2.24) is 0 Å². The van der Waals surface area contributed by atoms with Crippen LogP contribution in [-0.4, -0.2) is 36.6 Å². The van der Waals surface area contributed by atoms with Crippen LogP contribution in [0.1, 0.15) is 24.2 Å². The van der Waals surface area contributed by atoms with Gasteiger partial charge in [0.2, 0.25) is 0 Å². The lowest BCUT2D eigenvalue weighted by Crippen LogP contribution is -2.09. The number of ether oxygens (including phenoxy) is 2. The van der Waals surface area contributed by atoms with E-state index in [2.05, 4.69) is 0 Å². The Bertz CT molecular complexity index is 336. The first-order valence-corrected chi connectivity index (χ1v) is 5.75. The van der Waals surface area contributed by atoms with Crippen molar-refractivity contribution < 1.29 is 19.7 Å². The van der Waals surface area contributed by atoms with Gasteiger partial charge in [-0.15, -0.1) is 0 Å². The number of benzene rings is 1. The molecule has 0 spiro atoms. The summed E-state index contributed by atoms with van der Waals surface area (Å²) in [5, 5.41) is 17.9. The molecule has 96 valence electrons. The Morgan fingerprint density at radius 2 is 2.00 bits per heavy atom. The van der Waals surface area contributed by atoms with Gasteiger partial charge in [-0.05, 0) is 37.1 Å². The van der Waals surface area contributed by atoms with E-state index in [-0.39, 0.29) is 6.61 Å². The topological polar surface area (TPSA) is 58.9 Å². The third kappa shape index (κ3) is 4.73. The fraction of sp³-hybridized carbons (Fsp3) is 0.538. The van der Waals surface area contributed by atoms with Crippen molar-refractivity contribution in [1.29, 1.82) is 0 Å². The molecule has 0 heterocycles. The summed E-state index contributed by atoms with van der Waals surface area (Å²) in [5.41, 5.74) is 1.87. The standard InChI is InChI=1S/C13H20O4/c1-10-9-12(11(2)15)3-4-13(10)17-8-7-16-6-5-14/h3-4,9,11,14-15H,5-8H2,1-2H3. The van der Waals surface area contributed by atoms with Gasteiger partial charge in [-0.1, -0.05) is 6.07 Å². The van der Waals surface area contributed by atoms with E-state index in [0.717, 1.165) is 16.9 Å². The van der Waals surface area contributed by atoms with Crippen LogP contribution in [0.25, 0.3) is 0 Å². The zero-order chi connectivity index (χ0) is 12.7. The van der Waals surface area contributed by atoms with E-state index in [9.17, 15) is 5.11 Å². The molecule has 0 saturated heterocycles. The van der Waals surface area contributed by atoms with Crippen LogP contribution in [0.3, 0.4) is 0 Å². The van der Waals surface area contributed by atoms with Gasteiger partial charge >= 0.3 is 0 Å². The van der Waals surface area contributed by atoms with Crippen molar-refractivity contribution in [2.24, 2.45) is 0 Å². The van der Waals surface area contributed by atoms with Gasteiger partial charge in [0.1, 0.15) is 12.4 Å². The fourth-order valence-corrected chi connectivity index (χ4v) is 1.47. The van der Waals surface area contributed by atoms with Gasteiger partial charge in [-0.3, -0.25) is 0 Å². The Labute approximate surface area is 102 Å². The number of aliphatic hydroxyl groups is 2. The zero-order valence-corrected chi connectivity index (χ0v) is 10.3. The molecule has 0 saturated carbocycles. The van der Waals surface area contributed by atoms with Crippen LogP contribution in [0, 0.1) is 6.92 Å². The summed E-state index contributed by atoms with van der Waals surface area (Å²) < 4.78 is 10.6. The van der Waals surface area contributed by atoms with E-state index in [4.69, 9.17) is 14.6 Å². The highest BCUT2D eigenvalue weighted by atomic mass is 16.5. The van der Waals surface area contributed by atoms with Crippen molar-refractivity contribution in [3.8, 4) is 5.75 Å². The smallest absolute Gasteiger partial charge is 0.122 e. The Kier molecular flexibility index (Phi) is 5.97. The summed E-state index contributed by atoms with van der Waals surface area (Å²) >= 11 is 0. The van der Waals surface area contributed by atoms with Crippen molar-refractivity contribution >= 4 is 0 Å². The Morgan fingerprint density at radius 3 is 2.59 bits per heavy atom. The summed E-state index contributed by atoms with van der Waals surface area (Å²) in [6, 6.07) is 5.61. The van der Waals surface area contributed by atoms with E-state index >= 15 is 0 Å². The second-order valence-electron chi connectivity index (χ2n) is 3.89. The summed E-state index contributed by atoms with van der Waals surface area (Å²) in [5.74, 6) is 0.794. The molecule has 1 aromatic carbocycles. The van der Waals surface area contributed by atoms with E-state index in [0.29, 0.717) is 19.8 Å². The molecule has 1 rings (SSSR count). The Balaban J connectivity index is 2.43. The lowest BCUT2D eigenvalue weighted by molar-refractivity contribution is 0.0703. The van der Waals surface area contributed by atoms with E-state index in [1.807, 2.05) is 25.1 Å². The van der Waals surface area contributed by atoms with Crippen LogP contribution in [0.2, 0.25) is 0 Å². The first kappa shape index (κ1) is 14.0. The lowest BCUT2D eigenvalue weighted by Gasteiger charge is -2.12. The highest BCUT2D eigenvalue weighted by molar-refractivity contribution is 5.36. The number of aryl methyl sites for hydroxylation is 1. The SMILES string of the molecule is Cc1cc(C(C)O)ccc1OCCOCCO. The van der Waals surface area contributed by atoms with Crippen molar-refractivity contribution in [3.05, 3.63) is 29.3 Å². The van der Waals surface area contributed by atoms with Crippen molar-refractivity contribution in [2.45, 2.75) is 20.0 Å². The molecule has 0 aliphatic rings. The predicted molar refractivity (Wildman–Crippen MR) is 65.2 cm³/mol. The first-order valence-electron chi connectivity index (χ1n) is 5.75. The molecule has 1 unspecified atom stereocenters. The summed E-state index contributed by atoms with van der Waals surface area (Å²) in [6.07, 6.45) is -0.462. The second kappa shape index (κ2) is 7.27. The number of rotatable bonds is 7. The number of hydrogen-bond acceptors (Lipinski definition) is 4. The molecular weight excluding hydrogens is 220 g/mol. The predicted octanol–water partition coefficient (Wildman–Crippen LogP) is 1.44. The molecule has 0 aliphatic carbocycles. The van der Waals surface area contributed by atoms with Crippen LogP contribution < -0.4 is 4.74 Å². The fourth-order valence-electron chi connectivity index (χ4n) is 1.47. The van der Waals surface area contributed by atoms with Crippen molar-refractivity contribution in [2.75, 3.05) is 26.4 Å². The minimum Gasteiger partial charge on any atom is -0.491 e. The molecular formula is C13H20O4. The zero-order valence-electron chi connectivity index (χ0n) is 10.3. The molecule has 0 amide bonds. The van der Waals surface area contributed by atoms with E-state index in [1.54, 1.807) is 6.92 Å². The molecule has 2 N–H and O–H groups in total. The third-order valence-corrected chi connectivity index (χ3v) is 2.40. The summed E-state index contributed by atoms with van der Waals surface area (Å²) in [6.45, 7) is 4.95. The molecule has 0 radical (unpaired) electrons. The minimum atomic E-state index is -0.462. The molecule has 17 heavy (non-hydrogen) atoms. The molecule has 4 nitrogen and oxygen atoms in total. The van der Waals surface area contributed by atoms with Gasteiger partial charge in [0, 0.05) is 0 Å². The first-order chi connectivity index (χ1) is 8.15. The van der Waals surface area contributed by atoms with Crippen LogP contribution in [0.4, 0.5) is 0 Å². The molecule has 0 fully saturated rings. The lowest BCUT2D eigenvalue weighted by atomic mass is 10.1. The van der Waals surface area contributed by atoms with Gasteiger partial charge in [-0.2, -0.15) is 0 Å². The molecule has 4 heteroatoms. The largest absolute Gasteiger partial charge is 0.491 e. The van der Waals surface area contributed by atoms with Crippen LogP contribution >= 0.6 is 0 Å². The highest BCUT2D eigenvalue weighted by Crippen LogP contribution is 2.22. The number of aliphatic hydroxyl groups excluding tert-OH is 2. The quantitative estimate of drug-likeness (QED) is 0.708. The minimum absolute atomic E-state index is 0.0299. The van der Waals surface area contributed by atoms with Gasteiger partial charge in [0.05, 0.1) is 25.9 Å². The monoisotopic (exact) mass is 240 g/mol. The molecule has 0 bridgehead atoms. The average Bonchev–Trinajstić information content (AvgIpc) is 2.30. The van der Waals surface area contributed by atoms with Gasteiger partial charge in [0.15, 0.2) is 0 Å². The third-order valence-electron chi connectivity index (χ3n) is 2.40. The molecule has 1 aromatic rings. The van der Waals surface area contributed by atoms with Crippen LogP contribution in [0.5, 0.6) is 5.75 Å². The summed E-state index contributed by atoms with van der Waals surface area (Å²) in [4.78, 5) is 0. The van der Waals surface area contributed by atoms with Gasteiger partial charge < -0.3 is 19.7 Å². The van der Waals surface area contributed by atoms with Crippen LogP contribution in [-0.2, 0) is 4.74 Å². The molecule has 1 atom stereocenters. The van der Waals surface area contributed by atoms with Crippen LogP contribution in [0.15, 0.2) is 18.2 Å². The Morgan fingerprint density at radius 1 is 1.24 bits per heavy atom. The van der Waals surface area contributed by atoms with Gasteiger partial charge in [0.25, 0.3) is 0 Å². The Hall–Kier alpha value is -1.10. The van der Waals surface area contributed by atoms with Crippen molar-refractivity contribution in [3.63, 3.8) is 0 Å². The average molecular weight is 240 g/mol. The van der Waals surface area contributed by atoms with E-state index in [1.165, 1.54) is 0 Å². The highest BCUT2D eigenvalue weighted by Gasteiger charge is 2.04. The molecule has 0 aromatic heterocycles. The van der Waals surface area contributed by atoms with Gasteiger partial charge in [-0.25, -0.2) is 0 Å².